The van der Waals surface area contributed by atoms with Crippen LogP contribution < -0.4 is 4.74 Å². The Bertz CT molecular complexity index is 910. The van der Waals surface area contributed by atoms with E-state index in [1.165, 1.54) is 11.1 Å². The SMILES string of the molecule is Cc1cccc(CSc2nnc(C(C)Oc3ccc(Cl)cc3C)n2C)c1. The molecular weight excluding hydrogens is 366 g/mol. The van der Waals surface area contributed by atoms with Gasteiger partial charge in [0.2, 0.25) is 0 Å². The maximum Gasteiger partial charge on any atom is 0.191 e. The van der Waals surface area contributed by atoms with Gasteiger partial charge in [0.05, 0.1) is 0 Å². The van der Waals surface area contributed by atoms with Crippen LogP contribution in [0.5, 0.6) is 5.75 Å². The molecule has 0 aliphatic heterocycles. The zero-order valence-electron chi connectivity index (χ0n) is 15.4. The van der Waals surface area contributed by atoms with E-state index < -0.39 is 0 Å². The summed E-state index contributed by atoms with van der Waals surface area (Å²) in [5.74, 6) is 2.46. The third kappa shape index (κ3) is 4.40. The Morgan fingerprint density at radius 2 is 1.96 bits per heavy atom. The van der Waals surface area contributed by atoms with Crippen molar-refractivity contribution in [1.29, 1.82) is 0 Å². The summed E-state index contributed by atoms with van der Waals surface area (Å²) in [5, 5.41) is 10.2. The van der Waals surface area contributed by atoms with Gasteiger partial charge in [-0.3, -0.25) is 0 Å². The molecular formula is C20H22ClN3OS. The van der Waals surface area contributed by atoms with E-state index in [0.29, 0.717) is 5.02 Å². The van der Waals surface area contributed by atoms with Gasteiger partial charge in [0.15, 0.2) is 17.1 Å². The second-order valence-electron chi connectivity index (χ2n) is 6.35. The van der Waals surface area contributed by atoms with Crippen LogP contribution in [0.2, 0.25) is 5.02 Å². The summed E-state index contributed by atoms with van der Waals surface area (Å²) < 4.78 is 8.06. The first-order chi connectivity index (χ1) is 12.4. The predicted molar refractivity (Wildman–Crippen MR) is 107 cm³/mol. The Morgan fingerprint density at radius 3 is 2.69 bits per heavy atom. The molecule has 6 heteroatoms. The molecule has 0 bridgehead atoms. The van der Waals surface area contributed by atoms with Crippen molar-refractivity contribution < 1.29 is 4.74 Å². The maximum atomic E-state index is 6.07. The smallest absolute Gasteiger partial charge is 0.191 e. The minimum Gasteiger partial charge on any atom is -0.482 e. The summed E-state index contributed by atoms with van der Waals surface area (Å²) in [6.07, 6.45) is -0.208. The number of thioether (sulfide) groups is 1. The average molecular weight is 388 g/mol. The summed E-state index contributed by atoms with van der Waals surface area (Å²) >= 11 is 7.68. The van der Waals surface area contributed by atoms with Crippen LogP contribution in [0.1, 0.15) is 35.5 Å². The van der Waals surface area contributed by atoms with Crippen LogP contribution in [0.3, 0.4) is 0 Å². The van der Waals surface area contributed by atoms with E-state index in [2.05, 4.69) is 41.4 Å². The van der Waals surface area contributed by atoms with Gasteiger partial charge in [0.25, 0.3) is 0 Å². The molecule has 0 amide bonds. The molecule has 3 aromatic rings. The van der Waals surface area contributed by atoms with Gasteiger partial charge < -0.3 is 9.30 Å². The molecule has 4 nitrogen and oxygen atoms in total. The fourth-order valence-corrected chi connectivity index (χ4v) is 3.83. The summed E-state index contributed by atoms with van der Waals surface area (Å²) in [7, 11) is 1.97. The topological polar surface area (TPSA) is 39.9 Å². The lowest BCUT2D eigenvalue weighted by Crippen LogP contribution is -2.10. The zero-order valence-corrected chi connectivity index (χ0v) is 16.9. The van der Waals surface area contributed by atoms with Crippen molar-refractivity contribution in [2.45, 2.75) is 37.8 Å². The van der Waals surface area contributed by atoms with Crippen molar-refractivity contribution in [2.24, 2.45) is 7.05 Å². The first kappa shape index (κ1) is 18.8. The number of hydrogen-bond acceptors (Lipinski definition) is 4. The third-order valence-corrected chi connectivity index (χ3v) is 5.45. The quantitative estimate of drug-likeness (QED) is 0.522. The van der Waals surface area contributed by atoms with E-state index in [9.17, 15) is 0 Å². The Morgan fingerprint density at radius 1 is 1.15 bits per heavy atom. The maximum absolute atomic E-state index is 6.07. The number of nitrogens with zero attached hydrogens (tertiary/aromatic N) is 3. The van der Waals surface area contributed by atoms with Crippen molar-refractivity contribution in [3.63, 3.8) is 0 Å². The molecule has 136 valence electrons. The third-order valence-electron chi connectivity index (χ3n) is 4.12. The fraction of sp³-hybridized carbons (Fsp3) is 0.300. The lowest BCUT2D eigenvalue weighted by atomic mass is 10.2. The molecule has 2 aromatic carbocycles. The number of hydrogen-bond donors (Lipinski definition) is 0. The molecule has 3 rings (SSSR count). The Kier molecular flexibility index (Phi) is 5.89. The van der Waals surface area contributed by atoms with Gasteiger partial charge in [-0.2, -0.15) is 0 Å². The van der Waals surface area contributed by atoms with Gasteiger partial charge >= 0.3 is 0 Å². The van der Waals surface area contributed by atoms with Crippen LogP contribution in [-0.2, 0) is 12.8 Å². The molecule has 1 atom stereocenters. The van der Waals surface area contributed by atoms with E-state index in [4.69, 9.17) is 16.3 Å². The fourth-order valence-electron chi connectivity index (χ4n) is 2.74. The molecule has 0 radical (unpaired) electrons. The van der Waals surface area contributed by atoms with Crippen LogP contribution in [-0.4, -0.2) is 14.8 Å². The largest absolute Gasteiger partial charge is 0.482 e. The molecule has 0 aliphatic rings. The van der Waals surface area contributed by atoms with Crippen molar-refractivity contribution in [3.05, 3.63) is 70.0 Å². The van der Waals surface area contributed by atoms with Gasteiger partial charge in [-0.15, -0.1) is 10.2 Å². The lowest BCUT2D eigenvalue weighted by molar-refractivity contribution is 0.210. The molecule has 1 unspecified atom stereocenters. The minimum atomic E-state index is -0.208. The molecule has 0 spiro atoms. The molecule has 1 heterocycles. The zero-order chi connectivity index (χ0) is 18.7. The van der Waals surface area contributed by atoms with Crippen molar-refractivity contribution in [3.8, 4) is 5.75 Å². The highest BCUT2D eigenvalue weighted by Gasteiger charge is 2.18. The Hall–Kier alpha value is -1.98. The van der Waals surface area contributed by atoms with Crippen molar-refractivity contribution >= 4 is 23.4 Å². The normalized spacial score (nSPS) is 12.2. The minimum absolute atomic E-state index is 0.208. The van der Waals surface area contributed by atoms with Gasteiger partial charge in [-0.25, -0.2) is 0 Å². The summed E-state index contributed by atoms with van der Waals surface area (Å²) in [6.45, 7) is 6.06. The van der Waals surface area contributed by atoms with E-state index in [1.807, 2.05) is 43.7 Å². The molecule has 1 aromatic heterocycles. The first-order valence-corrected chi connectivity index (χ1v) is 9.81. The number of halogens is 1. The van der Waals surface area contributed by atoms with Crippen molar-refractivity contribution in [2.75, 3.05) is 0 Å². The van der Waals surface area contributed by atoms with E-state index >= 15 is 0 Å². The molecule has 0 N–H and O–H groups in total. The lowest BCUT2D eigenvalue weighted by Gasteiger charge is -2.16. The molecule has 0 saturated heterocycles. The number of ether oxygens (including phenoxy) is 1. The highest BCUT2D eigenvalue weighted by Crippen LogP contribution is 2.28. The first-order valence-electron chi connectivity index (χ1n) is 8.44. The summed E-state index contributed by atoms with van der Waals surface area (Å²) in [4.78, 5) is 0. The Balaban J connectivity index is 1.69. The molecule has 0 fully saturated rings. The second kappa shape index (κ2) is 8.14. The van der Waals surface area contributed by atoms with Gasteiger partial charge in [-0.05, 0) is 50.1 Å². The van der Waals surface area contributed by atoms with E-state index in [1.54, 1.807) is 11.8 Å². The molecule has 26 heavy (non-hydrogen) atoms. The summed E-state index contributed by atoms with van der Waals surface area (Å²) in [6, 6.07) is 14.1. The standard InChI is InChI=1S/C20H22ClN3OS/c1-13-6-5-7-16(10-13)12-26-20-23-22-19(24(20)4)15(3)25-18-9-8-17(21)11-14(18)2/h5-11,15H,12H2,1-4H3. The number of rotatable bonds is 6. The van der Waals surface area contributed by atoms with Crippen LogP contribution in [0.15, 0.2) is 47.6 Å². The number of aryl methyl sites for hydroxylation is 2. The molecule has 0 saturated carbocycles. The molecule has 0 aliphatic carbocycles. The van der Waals surface area contributed by atoms with Gasteiger partial charge in [0.1, 0.15) is 5.75 Å². The van der Waals surface area contributed by atoms with Crippen molar-refractivity contribution in [1.82, 2.24) is 14.8 Å². The highest BCUT2D eigenvalue weighted by molar-refractivity contribution is 7.98. The summed E-state index contributed by atoms with van der Waals surface area (Å²) in [5.41, 5.74) is 3.54. The van der Waals surface area contributed by atoms with E-state index in [0.717, 1.165) is 28.0 Å². The van der Waals surface area contributed by atoms with Crippen LogP contribution in [0.25, 0.3) is 0 Å². The number of benzene rings is 2. The van der Waals surface area contributed by atoms with Crippen LogP contribution >= 0.6 is 23.4 Å². The highest BCUT2D eigenvalue weighted by atomic mass is 35.5. The van der Waals surface area contributed by atoms with Crippen LogP contribution in [0.4, 0.5) is 0 Å². The number of aromatic nitrogens is 3. The van der Waals surface area contributed by atoms with Crippen LogP contribution in [0, 0.1) is 13.8 Å². The predicted octanol–water partition coefficient (Wildman–Crippen LogP) is 5.52. The Labute approximate surface area is 163 Å². The van der Waals surface area contributed by atoms with Gasteiger partial charge in [0, 0.05) is 17.8 Å². The van der Waals surface area contributed by atoms with E-state index in [-0.39, 0.29) is 6.10 Å². The van der Waals surface area contributed by atoms with Gasteiger partial charge in [-0.1, -0.05) is 53.2 Å². The average Bonchev–Trinajstić information content (AvgIpc) is 2.96. The monoisotopic (exact) mass is 387 g/mol. The second-order valence-corrected chi connectivity index (χ2v) is 7.73.